The zero-order chi connectivity index (χ0) is 12.0. The molecule has 0 atom stereocenters. The van der Waals surface area contributed by atoms with Gasteiger partial charge in [-0.15, -0.1) is 0 Å². The SMILES string of the molecule is NC(=O)CCCNC(=O)CN1CCCC1=O. The predicted octanol–water partition coefficient (Wildman–Crippen LogP) is -1.01. The highest BCUT2D eigenvalue weighted by Crippen LogP contribution is 2.08. The van der Waals surface area contributed by atoms with Gasteiger partial charge in [-0.1, -0.05) is 0 Å². The van der Waals surface area contributed by atoms with E-state index in [0.29, 0.717) is 25.9 Å². The highest BCUT2D eigenvalue weighted by molar-refractivity contribution is 5.85. The molecule has 3 N–H and O–H groups in total. The Morgan fingerprint density at radius 1 is 1.44 bits per heavy atom. The summed E-state index contributed by atoms with van der Waals surface area (Å²) < 4.78 is 0. The number of nitrogens with two attached hydrogens (primary N) is 1. The van der Waals surface area contributed by atoms with Crippen LogP contribution >= 0.6 is 0 Å². The van der Waals surface area contributed by atoms with Crippen LogP contribution in [0.4, 0.5) is 0 Å². The average molecular weight is 227 g/mol. The molecule has 0 radical (unpaired) electrons. The van der Waals surface area contributed by atoms with Crippen molar-refractivity contribution in [1.29, 1.82) is 0 Å². The second kappa shape index (κ2) is 6.09. The molecule has 1 heterocycles. The van der Waals surface area contributed by atoms with Crippen molar-refractivity contribution in [3.05, 3.63) is 0 Å². The largest absolute Gasteiger partial charge is 0.370 e. The third-order valence-corrected chi connectivity index (χ3v) is 2.43. The molecule has 16 heavy (non-hydrogen) atoms. The third kappa shape index (κ3) is 4.29. The minimum Gasteiger partial charge on any atom is -0.370 e. The predicted molar refractivity (Wildman–Crippen MR) is 57.3 cm³/mol. The molecule has 0 unspecified atom stereocenters. The molecule has 0 aliphatic carbocycles. The second-order valence-electron chi connectivity index (χ2n) is 3.84. The quantitative estimate of drug-likeness (QED) is 0.569. The lowest BCUT2D eigenvalue weighted by Gasteiger charge is -2.14. The number of hydrogen-bond acceptors (Lipinski definition) is 3. The number of likely N-dealkylation sites (tertiary alicyclic amines) is 1. The van der Waals surface area contributed by atoms with Gasteiger partial charge in [0.1, 0.15) is 0 Å². The first kappa shape index (κ1) is 12.5. The first-order valence-corrected chi connectivity index (χ1v) is 5.42. The van der Waals surface area contributed by atoms with Crippen LogP contribution in [0.5, 0.6) is 0 Å². The molecule has 6 heteroatoms. The molecule has 1 rings (SSSR count). The summed E-state index contributed by atoms with van der Waals surface area (Å²) in [7, 11) is 0. The molecule has 90 valence electrons. The Balaban J connectivity index is 2.11. The first-order valence-electron chi connectivity index (χ1n) is 5.42. The van der Waals surface area contributed by atoms with Gasteiger partial charge in [0.05, 0.1) is 6.54 Å². The van der Waals surface area contributed by atoms with Crippen molar-refractivity contribution in [3.63, 3.8) is 0 Å². The van der Waals surface area contributed by atoms with Crippen LogP contribution in [0.1, 0.15) is 25.7 Å². The van der Waals surface area contributed by atoms with Gasteiger partial charge >= 0.3 is 0 Å². The number of amides is 3. The number of nitrogens with zero attached hydrogens (tertiary/aromatic N) is 1. The van der Waals surface area contributed by atoms with Gasteiger partial charge in [-0.05, 0) is 12.8 Å². The Labute approximate surface area is 94.2 Å². The van der Waals surface area contributed by atoms with Gasteiger partial charge < -0.3 is 16.0 Å². The van der Waals surface area contributed by atoms with Crippen LogP contribution in [0.15, 0.2) is 0 Å². The summed E-state index contributed by atoms with van der Waals surface area (Å²) in [6.45, 7) is 1.20. The Morgan fingerprint density at radius 2 is 2.19 bits per heavy atom. The molecule has 0 aromatic rings. The van der Waals surface area contributed by atoms with Crippen LogP contribution in [-0.2, 0) is 14.4 Å². The van der Waals surface area contributed by atoms with E-state index < -0.39 is 0 Å². The maximum absolute atomic E-state index is 11.4. The molecule has 0 aromatic heterocycles. The summed E-state index contributed by atoms with van der Waals surface area (Å²) in [6.07, 6.45) is 2.17. The van der Waals surface area contributed by atoms with Crippen LogP contribution in [0.25, 0.3) is 0 Å². The number of carbonyl (C=O) groups is 3. The van der Waals surface area contributed by atoms with E-state index in [2.05, 4.69) is 5.32 Å². The Hall–Kier alpha value is -1.59. The maximum atomic E-state index is 11.4. The van der Waals surface area contributed by atoms with Crippen molar-refractivity contribution in [2.75, 3.05) is 19.6 Å². The van der Waals surface area contributed by atoms with E-state index in [4.69, 9.17) is 5.73 Å². The van der Waals surface area contributed by atoms with Crippen molar-refractivity contribution in [3.8, 4) is 0 Å². The Morgan fingerprint density at radius 3 is 2.75 bits per heavy atom. The lowest BCUT2D eigenvalue weighted by Crippen LogP contribution is -2.38. The van der Waals surface area contributed by atoms with E-state index in [1.165, 1.54) is 0 Å². The van der Waals surface area contributed by atoms with E-state index in [1.54, 1.807) is 4.90 Å². The van der Waals surface area contributed by atoms with Gasteiger partial charge in [-0.3, -0.25) is 14.4 Å². The smallest absolute Gasteiger partial charge is 0.239 e. The minimum absolute atomic E-state index is 0.0345. The Kier molecular flexibility index (Phi) is 4.75. The van der Waals surface area contributed by atoms with Crippen LogP contribution in [0.2, 0.25) is 0 Å². The van der Waals surface area contributed by atoms with Gasteiger partial charge in [0, 0.05) is 25.9 Å². The number of hydrogen-bond donors (Lipinski definition) is 2. The zero-order valence-corrected chi connectivity index (χ0v) is 9.20. The van der Waals surface area contributed by atoms with Crippen molar-refractivity contribution < 1.29 is 14.4 Å². The average Bonchev–Trinajstić information content (AvgIpc) is 2.59. The molecule has 3 amide bonds. The monoisotopic (exact) mass is 227 g/mol. The fourth-order valence-corrected chi connectivity index (χ4v) is 1.59. The third-order valence-electron chi connectivity index (χ3n) is 2.43. The van der Waals surface area contributed by atoms with Crippen molar-refractivity contribution in [1.82, 2.24) is 10.2 Å². The van der Waals surface area contributed by atoms with E-state index >= 15 is 0 Å². The molecule has 0 saturated carbocycles. The second-order valence-corrected chi connectivity index (χ2v) is 3.84. The summed E-state index contributed by atoms with van der Waals surface area (Å²) in [5, 5.41) is 2.64. The van der Waals surface area contributed by atoms with Crippen LogP contribution in [0.3, 0.4) is 0 Å². The van der Waals surface area contributed by atoms with Crippen LogP contribution in [-0.4, -0.2) is 42.3 Å². The topological polar surface area (TPSA) is 92.5 Å². The van der Waals surface area contributed by atoms with E-state index in [-0.39, 0.29) is 30.7 Å². The van der Waals surface area contributed by atoms with Crippen LogP contribution in [0, 0.1) is 0 Å². The normalized spacial score (nSPS) is 15.2. The minimum atomic E-state index is -0.371. The fourth-order valence-electron chi connectivity index (χ4n) is 1.59. The zero-order valence-electron chi connectivity index (χ0n) is 9.20. The summed E-state index contributed by atoms with van der Waals surface area (Å²) >= 11 is 0. The van der Waals surface area contributed by atoms with E-state index in [0.717, 1.165) is 6.42 Å². The number of nitrogens with one attached hydrogen (secondary N) is 1. The van der Waals surface area contributed by atoms with Gasteiger partial charge in [0.15, 0.2) is 0 Å². The first-order chi connectivity index (χ1) is 7.59. The highest BCUT2D eigenvalue weighted by Gasteiger charge is 2.21. The molecule has 1 fully saturated rings. The molecular weight excluding hydrogens is 210 g/mol. The lowest BCUT2D eigenvalue weighted by molar-refractivity contribution is -0.133. The number of carbonyl (C=O) groups excluding carboxylic acids is 3. The molecule has 1 aliphatic rings. The van der Waals surface area contributed by atoms with Gasteiger partial charge in [0.2, 0.25) is 17.7 Å². The molecule has 1 saturated heterocycles. The van der Waals surface area contributed by atoms with Crippen molar-refractivity contribution >= 4 is 17.7 Å². The summed E-state index contributed by atoms with van der Waals surface area (Å²) in [4.78, 5) is 34.5. The van der Waals surface area contributed by atoms with Gasteiger partial charge in [-0.2, -0.15) is 0 Å². The number of primary amides is 1. The van der Waals surface area contributed by atoms with E-state index in [1.807, 2.05) is 0 Å². The molecular formula is C10H17N3O3. The molecule has 0 aromatic carbocycles. The maximum Gasteiger partial charge on any atom is 0.239 e. The lowest BCUT2D eigenvalue weighted by atomic mass is 10.3. The number of rotatable bonds is 6. The van der Waals surface area contributed by atoms with Crippen LogP contribution < -0.4 is 11.1 Å². The molecule has 0 spiro atoms. The summed E-state index contributed by atoms with van der Waals surface area (Å²) in [6, 6.07) is 0. The fraction of sp³-hybridized carbons (Fsp3) is 0.700. The van der Waals surface area contributed by atoms with Gasteiger partial charge in [0.25, 0.3) is 0 Å². The molecule has 6 nitrogen and oxygen atoms in total. The Bertz CT molecular complexity index is 291. The van der Waals surface area contributed by atoms with Crippen molar-refractivity contribution in [2.45, 2.75) is 25.7 Å². The van der Waals surface area contributed by atoms with E-state index in [9.17, 15) is 14.4 Å². The summed E-state index contributed by atoms with van der Waals surface area (Å²) in [5.41, 5.74) is 4.96. The van der Waals surface area contributed by atoms with Gasteiger partial charge in [-0.25, -0.2) is 0 Å². The summed E-state index contributed by atoms with van der Waals surface area (Å²) in [5.74, 6) is -0.518. The highest BCUT2D eigenvalue weighted by atomic mass is 16.2. The molecule has 1 aliphatic heterocycles. The standard InChI is InChI=1S/C10H17N3O3/c11-8(14)3-1-5-12-9(15)7-13-6-2-4-10(13)16/h1-7H2,(H2,11,14)(H,12,15). The van der Waals surface area contributed by atoms with Crippen molar-refractivity contribution in [2.24, 2.45) is 5.73 Å². The molecule has 0 bridgehead atoms.